The van der Waals surface area contributed by atoms with Crippen molar-refractivity contribution in [3.8, 4) is 11.5 Å². The third kappa shape index (κ3) is 2.42. The third-order valence-electron chi connectivity index (χ3n) is 2.26. The molecule has 0 N–H and O–H groups in total. The van der Waals surface area contributed by atoms with Gasteiger partial charge in [0.1, 0.15) is 11.5 Å². The number of hydrogen-bond donors (Lipinski definition) is 0. The fourth-order valence-electron chi connectivity index (χ4n) is 1.58. The SMILES string of the molecule is C/C=C/c1cc(OC)cc(OC)c1C(C)=O. The molecule has 0 aliphatic carbocycles. The smallest absolute Gasteiger partial charge is 0.164 e. The van der Waals surface area contributed by atoms with E-state index in [2.05, 4.69) is 0 Å². The Morgan fingerprint density at radius 2 is 1.94 bits per heavy atom. The summed E-state index contributed by atoms with van der Waals surface area (Å²) in [6, 6.07) is 3.53. The molecule has 0 atom stereocenters. The van der Waals surface area contributed by atoms with Crippen LogP contribution in [-0.2, 0) is 0 Å². The zero-order valence-electron chi connectivity index (χ0n) is 10.0. The molecule has 1 rings (SSSR count). The predicted octanol–water partition coefficient (Wildman–Crippen LogP) is 2.94. The van der Waals surface area contributed by atoms with Gasteiger partial charge in [-0.15, -0.1) is 0 Å². The monoisotopic (exact) mass is 220 g/mol. The molecule has 3 heteroatoms. The molecule has 0 aromatic heterocycles. The van der Waals surface area contributed by atoms with Crippen LogP contribution in [0.2, 0.25) is 0 Å². The van der Waals surface area contributed by atoms with Crippen LogP contribution in [0.5, 0.6) is 11.5 Å². The summed E-state index contributed by atoms with van der Waals surface area (Å²) in [7, 11) is 3.13. The van der Waals surface area contributed by atoms with Crippen LogP contribution in [0, 0.1) is 0 Å². The number of allylic oxidation sites excluding steroid dienone is 1. The molecule has 0 radical (unpaired) electrons. The van der Waals surface area contributed by atoms with Gasteiger partial charge in [-0.05, 0) is 25.5 Å². The highest BCUT2D eigenvalue weighted by Crippen LogP contribution is 2.30. The fraction of sp³-hybridized carbons (Fsp3) is 0.308. The van der Waals surface area contributed by atoms with Crippen molar-refractivity contribution in [3.05, 3.63) is 29.3 Å². The van der Waals surface area contributed by atoms with Crippen LogP contribution in [0.25, 0.3) is 6.08 Å². The Morgan fingerprint density at radius 1 is 1.25 bits per heavy atom. The zero-order chi connectivity index (χ0) is 12.1. The summed E-state index contributed by atoms with van der Waals surface area (Å²) in [5.74, 6) is 1.20. The minimum absolute atomic E-state index is 0.0207. The van der Waals surface area contributed by atoms with Gasteiger partial charge < -0.3 is 9.47 Å². The molecule has 0 amide bonds. The highest BCUT2D eigenvalue weighted by molar-refractivity contribution is 6.00. The van der Waals surface area contributed by atoms with Crippen LogP contribution in [0.1, 0.15) is 29.8 Å². The largest absolute Gasteiger partial charge is 0.497 e. The van der Waals surface area contributed by atoms with E-state index in [1.54, 1.807) is 20.3 Å². The normalized spacial score (nSPS) is 10.5. The van der Waals surface area contributed by atoms with Crippen molar-refractivity contribution in [1.82, 2.24) is 0 Å². The summed E-state index contributed by atoms with van der Waals surface area (Å²) in [5.41, 5.74) is 1.40. The van der Waals surface area contributed by atoms with Gasteiger partial charge in [0.05, 0.1) is 19.8 Å². The van der Waals surface area contributed by atoms with E-state index in [0.717, 1.165) is 5.56 Å². The lowest BCUT2D eigenvalue weighted by Gasteiger charge is -2.11. The topological polar surface area (TPSA) is 35.5 Å². The Kier molecular flexibility index (Phi) is 4.11. The summed E-state index contributed by atoms with van der Waals surface area (Å²) >= 11 is 0. The van der Waals surface area contributed by atoms with E-state index in [1.165, 1.54) is 6.92 Å². The first-order valence-corrected chi connectivity index (χ1v) is 5.03. The fourth-order valence-corrected chi connectivity index (χ4v) is 1.58. The van der Waals surface area contributed by atoms with E-state index in [1.807, 2.05) is 25.1 Å². The molecule has 0 unspecified atom stereocenters. The number of methoxy groups -OCH3 is 2. The maximum atomic E-state index is 11.6. The quantitative estimate of drug-likeness (QED) is 0.732. The van der Waals surface area contributed by atoms with E-state index in [4.69, 9.17) is 9.47 Å². The maximum absolute atomic E-state index is 11.6. The Labute approximate surface area is 95.7 Å². The second kappa shape index (κ2) is 5.35. The van der Waals surface area contributed by atoms with Crippen LogP contribution < -0.4 is 9.47 Å². The summed E-state index contributed by atoms with van der Waals surface area (Å²) in [6.07, 6.45) is 3.74. The molecule has 0 aliphatic rings. The first kappa shape index (κ1) is 12.3. The van der Waals surface area contributed by atoms with E-state index in [-0.39, 0.29) is 5.78 Å². The Morgan fingerprint density at radius 3 is 2.38 bits per heavy atom. The average Bonchev–Trinajstić information content (AvgIpc) is 2.27. The van der Waals surface area contributed by atoms with E-state index < -0.39 is 0 Å². The number of Topliss-reactive ketones (excluding diaryl/α,β-unsaturated/α-hetero) is 1. The van der Waals surface area contributed by atoms with Crippen LogP contribution in [0.3, 0.4) is 0 Å². The number of ketones is 1. The van der Waals surface area contributed by atoms with E-state index in [0.29, 0.717) is 17.1 Å². The number of ether oxygens (including phenoxy) is 2. The van der Waals surface area contributed by atoms with Crippen molar-refractivity contribution in [2.45, 2.75) is 13.8 Å². The van der Waals surface area contributed by atoms with Gasteiger partial charge in [0.25, 0.3) is 0 Å². The molecule has 1 aromatic rings. The van der Waals surface area contributed by atoms with Gasteiger partial charge in [-0.1, -0.05) is 12.2 Å². The van der Waals surface area contributed by atoms with Crippen molar-refractivity contribution < 1.29 is 14.3 Å². The summed E-state index contributed by atoms with van der Waals surface area (Å²) in [6.45, 7) is 3.42. The molecule has 0 bridgehead atoms. The molecular formula is C13H16O3. The number of carbonyl (C=O) groups excluding carboxylic acids is 1. The van der Waals surface area contributed by atoms with Crippen LogP contribution in [0.4, 0.5) is 0 Å². The maximum Gasteiger partial charge on any atom is 0.164 e. The average molecular weight is 220 g/mol. The van der Waals surface area contributed by atoms with Crippen molar-refractivity contribution in [2.75, 3.05) is 14.2 Å². The molecule has 0 heterocycles. The number of hydrogen-bond acceptors (Lipinski definition) is 3. The second-order valence-electron chi connectivity index (χ2n) is 3.35. The van der Waals surface area contributed by atoms with Gasteiger partial charge in [0.15, 0.2) is 5.78 Å². The van der Waals surface area contributed by atoms with Crippen LogP contribution in [-0.4, -0.2) is 20.0 Å². The highest BCUT2D eigenvalue weighted by Gasteiger charge is 2.14. The number of benzene rings is 1. The van der Waals surface area contributed by atoms with Gasteiger partial charge in [0.2, 0.25) is 0 Å². The van der Waals surface area contributed by atoms with Crippen molar-refractivity contribution >= 4 is 11.9 Å². The molecular weight excluding hydrogens is 204 g/mol. The molecule has 0 spiro atoms. The minimum Gasteiger partial charge on any atom is -0.497 e. The molecule has 16 heavy (non-hydrogen) atoms. The molecule has 86 valence electrons. The zero-order valence-corrected chi connectivity index (χ0v) is 10.0. The van der Waals surface area contributed by atoms with E-state index in [9.17, 15) is 4.79 Å². The first-order chi connectivity index (χ1) is 7.63. The summed E-state index contributed by atoms with van der Waals surface area (Å²) in [5, 5.41) is 0. The molecule has 0 saturated heterocycles. The van der Waals surface area contributed by atoms with Crippen molar-refractivity contribution in [3.63, 3.8) is 0 Å². The van der Waals surface area contributed by atoms with Gasteiger partial charge in [-0.25, -0.2) is 0 Å². The van der Waals surface area contributed by atoms with Gasteiger partial charge in [-0.3, -0.25) is 4.79 Å². The third-order valence-corrected chi connectivity index (χ3v) is 2.26. The minimum atomic E-state index is -0.0207. The van der Waals surface area contributed by atoms with Gasteiger partial charge >= 0.3 is 0 Å². The first-order valence-electron chi connectivity index (χ1n) is 5.03. The highest BCUT2D eigenvalue weighted by atomic mass is 16.5. The Bertz CT molecular complexity index is 419. The standard InChI is InChI=1S/C13H16O3/c1-5-6-10-7-11(15-3)8-12(16-4)13(10)9(2)14/h5-8H,1-4H3/b6-5+. The molecule has 3 nitrogen and oxygen atoms in total. The number of carbonyl (C=O) groups is 1. The lowest BCUT2D eigenvalue weighted by atomic mass is 10.0. The lowest BCUT2D eigenvalue weighted by Crippen LogP contribution is -2.01. The van der Waals surface area contributed by atoms with Gasteiger partial charge in [0, 0.05) is 6.07 Å². The molecule has 0 saturated carbocycles. The van der Waals surface area contributed by atoms with Gasteiger partial charge in [-0.2, -0.15) is 0 Å². The van der Waals surface area contributed by atoms with Crippen LogP contribution in [0.15, 0.2) is 18.2 Å². The number of rotatable bonds is 4. The summed E-state index contributed by atoms with van der Waals surface area (Å²) < 4.78 is 10.4. The van der Waals surface area contributed by atoms with Crippen molar-refractivity contribution in [1.29, 1.82) is 0 Å². The Balaban J connectivity index is 3.46. The second-order valence-corrected chi connectivity index (χ2v) is 3.35. The Hall–Kier alpha value is -1.77. The van der Waals surface area contributed by atoms with Crippen LogP contribution >= 0.6 is 0 Å². The summed E-state index contributed by atoms with van der Waals surface area (Å²) in [4.78, 5) is 11.6. The molecule has 0 fully saturated rings. The lowest BCUT2D eigenvalue weighted by molar-refractivity contribution is 0.101. The van der Waals surface area contributed by atoms with Crippen molar-refractivity contribution in [2.24, 2.45) is 0 Å². The molecule has 0 aliphatic heterocycles. The predicted molar refractivity (Wildman–Crippen MR) is 64.3 cm³/mol. The molecule has 1 aromatic carbocycles. The van der Waals surface area contributed by atoms with E-state index >= 15 is 0 Å².